The van der Waals surface area contributed by atoms with Gasteiger partial charge in [0, 0.05) is 18.4 Å². The van der Waals surface area contributed by atoms with Crippen LogP contribution >= 0.6 is 0 Å². The number of nitrogens with zero attached hydrogens (tertiary/aromatic N) is 2. The lowest BCUT2D eigenvalue weighted by Crippen LogP contribution is -2.24. The van der Waals surface area contributed by atoms with Crippen LogP contribution in [0.4, 0.5) is 0 Å². The summed E-state index contributed by atoms with van der Waals surface area (Å²) in [5.74, 6) is 14.2. The maximum atomic E-state index is 5.57. The molecule has 9 nitrogen and oxygen atoms in total. The van der Waals surface area contributed by atoms with Gasteiger partial charge >= 0.3 is 0 Å². The molecule has 1 heterocycles. The van der Waals surface area contributed by atoms with Crippen LogP contribution in [-0.4, -0.2) is 48.7 Å². The van der Waals surface area contributed by atoms with E-state index in [1.807, 2.05) is 6.20 Å². The third kappa shape index (κ3) is 44.7. The summed E-state index contributed by atoms with van der Waals surface area (Å²) in [4.78, 5) is 11.2. The molecule has 0 bridgehead atoms. The minimum atomic E-state index is 0.204. The molecule has 0 aliphatic heterocycles. The number of nitrogens with one attached hydrogen (secondary N) is 1. The Balaban J connectivity index is -0.000000239. The summed E-state index contributed by atoms with van der Waals surface area (Å²) in [6.45, 7) is 59.0. The predicted octanol–water partition coefficient (Wildman–Crippen LogP) is 14.7. The lowest BCUT2D eigenvalue weighted by molar-refractivity contribution is 0.262. The first-order valence-electron chi connectivity index (χ1n) is 28.8. The van der Waals surface area contributed by atoms with Crippen molar-refractivity contribution in [1.82, 2.24) is 9.97 Å². The minimum absolute atomic E-state index is 0.204. The molecule has 0 spiro atoms. The summed E-state index contributed by atoms with van der Waals surface area (Å²) in [6.07, 6.45) is 14.6. The number of imidazole rings is 1. The van der Waals surface area contributed by atoms with Crippen LogP contribution in [0.1, 0.15) is 223 Å². The van der Waals surface area contributed by atoms with E-state index in [9.17, 15) is 0 Å². The Labute approximate surface area is 435 Å². The number of rotatable bonds is 28. The molecule has 1 aromatic heterocycles. The van der Waals surface area contributed by atoms with Crippen molar-refractivity contribution in [2.45, 2.75) is 224 Å². The normalized spacial score (nSPS) is 11.9. The van der Waals surface area contributed by atoms with Gasteiger partial charge in [-0.3, -0.25) is 4.99 Å². The van der Waals surface area contributed by atoms with Gasteiger partial charge in [-0.2, -0.15) is 0 Å². The number of guanidine groups is 1. The molecule has 0 saturated heterocycles. The van der Waals surface area contributed by atoms with Crippen molar-refractivity contribution in [3.63, 3.8) is 0 Å². The number of unbranched alkanes of at least 4 members (excludes halogenated alkanes) is 1. The summed E-state index contributed by atoms with van der Waals surface area (Å²) in [6, 6.07) is 0. The van der Waals surface area contributed by atoms with Gasteiger partial charge in [0.05, 0.1) is 6.33 Å². The zero-order valence-electron chi connectivity index (χ0n) is 51.3. The Kier molecular flexibility index (Phi) is 52.3. The molecule has 0 radical (unpaired) electrons. The molecule has 0 amide bonds. The number of aliphatic imine (C=N–C) groups is 1. The van der Waals surface area contributed by atoms with Gasteiger partial charge < -0.3 is 39.4 Å². The van der Waals surface area contributed by atoms with Crippen molar-refractivity contribution in [1.29, 1.82) is 0 Å². The summed E-state index contributed by atoms with van der Waals surface area (Å²) in [5.41, 5.74) is 33.8. The second-order valence-corrected chi connectivity index (χ2v) is 24.7. The number of hydrogen-bond acceptors (Lipinski definition) is 6. The molecule has 69 heavy (non-hydrogen) atoms. The lowest BCUT2D eigenvalue weighted by atomic mass is 9.82. The highest BCUT2D eigenvalue weighted by Crippen LogP contribution is 2.28. The zero-order valence-corrected chi connectivity index (χ0v) is 51.3. The predicted molar refractivity (Wildman–Crippen MR) is 315 cm³/mol. The van der Waals surface area contributed by atoms with Crippen LogP contribution in [0.2, 0.25) is 0 Å². The van der Waals surface area contributed by atoms with Crippen LogP contribution < -0.4 is 34.4 Å². The first-order valence-corrected chi connectivity index (χ1v) is 28.8. The van der Waals surface area contributed by atoms with Gasteiger partial charge in [-0.25, -0.2) is 4.98 Å². The highest BCUT2D eigenvalue weighted by molar-refractivity contribution is 5.75. The second-order valence-electron chi connectivity index (χ2n) is 24.7. The van der Waals surface area contributed by atoms with Crippen molar-refractivity contribution in [3.05, 3.63) is 18.2 Å². The Morgan fingerprint density at radius 3 is 0.957 bits per heavy atom. The van der Waals surface area contributed by atoms with Crippen molar-refractivity contribution >= 4 is 5.96 Å². The molecule has 0 aliphatic rings. The molecule has 0 unspecified atom stereocenters. The second kappa shape index (κ2) is 47.3. The van der Waals surface area contributed by atoms with Gasteiger partial charge in [0.15, 0.2) is 5.96 Å². The van der Waals surface area contributed by atoms with Crippen LogP contribution in [0.3, 0.4) is 0 Å². The highest BCUT2D eigenvalue weighted by Gasteiger charge is 2.20. The number of hydrogen-bond donors (Lipinski definition) is 7. The number of nitrogens with two attached hydrogens (primary N) is 6. The number of H-pyrrole nitrogens is 1. The van der Waals surface area contributed by atoms with Crippen LogP contribution in [0.5, 0.6) is 0 Å². The molecule has 0 saturated carbocycles. The highest BCUT2D eigenvalue weighted by atomic mass is 15.0. The van der Waals surface area contributed by atoms with E-state index >= 15 is 0 Å². The van der Waals surface area contributed by atoms with E-state index in [0.717, 1.165) is 146 Å². The fourth-order valence-corrected chi connectivity index (χ4v) is 10.6. The molecular formula is C60H133N9. The molecule has 0 aliphatic carbocycles. The quantitative estimate of drug-likeness (QED) is 0.0246. The maximum absolute atomic E-state index is 5.57. The summed E-state index contributed by atoms with van der Waals surface area (Å²) >= 11 is 0. The van der Waals surface area contributed by atoms with Crippen molar-refractivity contribution in [2.24, 2.45) is 146 Å². The summed E-state index contributed by atoms with van der Waals surface area (Å²) in [7, 11) is 0. The first-order chi connectivity index (χ1) is 31.9. The van der Waals surface area contributed by atoms with E-state index in [0.29, 0.717) is 5.92 Å². The monoisotopic (exact) mass is 980 g/mol. The smallest absolute Gasteiger partial charge is 0.185 e. The van der Waals surface area contributed by atoms with E-state index < -0.39 is 0 Å². The average molecular weight is 981 g/mol. The molecule has 13 N–H and O–H groups in total. The molecule has 418 valence electrons. The molecule has 0 fully saturated rings. The van der Waals surface area contributed by atoms with Crippen LogP contribution in [0, 0.1) is 107 Å². The number of aromatic nitrogens is 2. The molecule has 0 atom stereocenters. The van der Waals surface area contributed by atoms with E-state index in [1.54, 1.807) is 6.33 Å². The third-order valence-corrected chi connectivity index (χ3v) is 14.8. The molecule has 1 aromatic rings. The van der Waals surface area contributed by atoms with Gasteiger partial charge in [-0.15, -0.1) is 0 Å². The first kappa shape index (κ1) is 76.2. The summed E-state index contributed by atoms with van der Waals surface area (Å²) < 4.78 is 0. The Bertz CT molecular complexity index is 1130. The van der Waals surface area contributed by atoms with E-state index in [-0.39, 0.29) is 5.96 Å². The number of aromatic amines is 1. The van der Waals surface area contributed by atoms with E-state index in [1.165, 1.54) is 50.6 Å². The van der Waals surface area contributed by atoms with Crippen LogP contribution in [0.15, 0.2) is 17.5 Å². The van der Waals surface area contributed by atoms with Gasteiger partial charge in [0.2, 0.25) is 0 Å². The minimum Gasteiger partial charge on any atom is -0.370 e. The summed E-state index contributed by atoms with van der Waals surface area (Å²) in [5, 5.41) is 0. The fraction of sp³-hybridized carbons (Fsp3) is 0.933. The maximum Gasteiger partial charge on any atom is 0.185 e. The Morgan fingerprint density at radius 2 is 0.725 bits per heavy atom. The van der Waals surface area contributed by atoms with Crippen molar-refractivity contribution < 1.29 is 0 Å². The zero-order chi connectivity index (χ0) is 55.0. The molecule has 0 aromatic carbocycles. The Hall–Kier alpha value is -1.68. The SMILES string of the molecule is CC(C)C(CCCCN)C(C)C.CC(C)C(CCCN)C(C)C.CC(C)C(CCCN=C(N)N)C(C)C.CC(C)C(CCN)C(C)C.CC(C)C(CN)C(C)C.CC(C)C(Cc1cnc[nH]1)C(C)C. The van der Waals surface area contributed by atoms with E-state index in [2.05, 4.69) is 181 Å². The third-order valence-electron chi connectivity index (χ3n) is 14.8. The molecular weight excluding hydrogens is 847 g/mol. The van der Waals surface area contributed by atoms with Gasteiger partial charge in [0.25, 0.3) is 0 Å². The van der Waals surface area contributed by atoms with Crippen molar-refractivity contribution in [3.8, 4) is 0 Å². The van der Waals surface area contributed by atoms with E-state index in [4.69, 9.17) is 34.4 Å². The molecule has 9 heteroatoms. The van der Waals surface area contributed by atoms with Gasteiger partial charge in [-0.1, -0.05) is 173 Å². The largest absolute Gasteiger partial charge is 0.370 e. The Morgan fingerprint density at radius 1 is 0.406 bits per heavy atom. The average Bonchev–Trinajstić information content (AvgIpc) is 3.74. The van der Waals surface area contributed by atoms with Crippen LogP contribution in [-0.2, 0) is 6.42 Å². The standard InChI is InChI=1S/C11H25N3.C11H20N2.C11H25N.C10H23N.C9H21N.C8H19N/c1-8(2)10(9(3)4)6-5-7-14-11(12)13;1-8(2)11(9(3)4)5-10-6-12-7-13-10;1-9(2)11(10(3)4)7-5-6-8-12;1-8(2)10(9(3)4)6-5-7-11;1-7(2)9(5-6-10)8(3)4;1-6(2)8(5-9)7(3)4/h8-10H,5-7H2,1-4H3,(H4,12,13,14);6-9,11H,5H2,1-4H3,(H,12,13);9-11H,5-8,12H2,1-4H3;8-10H,5-7,11H2,1-4H3;7-9H,5-6,10H2,1-4H3;6-8H,5,9H2,1-4H3. The topological polar surface area (TPSA) is 197 Å². The van der Waals surface area contributed by atoms with Gasteiger partial charge in [-0.05, 0) is 184 Å². The van der Waals surface area contributed by atoms with Crippen molar-refractivity contribution in [2.75, 3.05) is 32.7 Å². The van der Waals surface area contributed by atoms with Crippen LogP contribution in [0.25, 0.3) is 0 Å². The van der Waals surface area contributed by atoms with Gasteiger partial charge in [0.1, 0.15) is 0 Å². The lowest BCUT2D eigenvalue weighted by Gasteiger charge is -2.24. The fourth-order valence-electron chi connectivity index (χ4n) is 10.6. The molecule has 1 rings (SSSR count).